The van der Waals surface area contributed by atoms with Gasteiger partial charge in [0.2, 0.25) is 35.4 Å². The van der Waals surface area contributed by atoms with Crippen LogP contribution in [0.5, 0.6) is 0 Å². The van der Waals surface area contributed by atoms with Crippen molar-refractivity contribution in [2.45, 2.75) is 121 Å². The van der Waals surface area contributed by atoms with Gasteiger partial charge < -0.3 is 55.8 Å². The second-order valence-corrected chi connectivity index (χ2v) is 32.2. The SMILES string of the molecule is [2H]C([2H])([2H])c1ccc(-c2nc3ccc(C([2H])([2H])[2H])cn3c2C([2H])([2H])C(=O)N(C)C)cc1.[2H]C([2H])([2H])c1ccc(-c2nc3ccc(C)cn3c2C([2H])([2H])C(=O)N(C)C)cc1.[2H]c1c([2H])c(-c2nc3ccc(C([2H])([2H])[2H])cn3c2C([2H])([2H])C(=O)N(C)C)c([2H])c([2H])c1C.[2H]c1c([2H])c(-c2nc3ccc(C)cn3c2C([2H])([2H])C(=O)N(C)C)c([2H])c([2H])c1C.[2H]c1c([2H])c(C([2H])([2H])[2H])c([2H])c([2H])c1-c1nc2ccc(C([2H])([2H])[2H])cn2c1C([2H])([2H])C(=O)N(C)C.[2H]c1c([2H])c(C([2H])([2H])[2H])c([2H])c([2H])c1-c1nc2ccc(C)cn2c1C([2H])([2H])C(=O)N(C)C. The maximum Gasteiger partial charge on any atom is 0.228 e. The van der Waals surface area contributed by atoms with Crippen molar-refractivity contribution in [1.82, 2.24) is 85.7 Å². The van der Waals surface area contributed by atoms with Crippen LogP contribution < -0.4 is 0 Å². The van der Waals surface area contributed by atoms with E-state index in [1.165, 1.54) is 196 Å². The highest BCUT2D eigenvalue weighted by atomic mass is 16.2. The molecule has 0 spiro atoms. The Morgan fingerprint density at radius 3 is 0.558 bits per heavy atom. The number of benzene rings is 6. The first-order valence-corrected chi connectivity index (χ1v) is 41.9. The molecule has 12 heterocycles. The number of fused-ring (bicyclic) bond motifs is 6. The highest BCUT2D eigenvalue weighted by molar-refractivity contribution is 5.87. The monoisotopic (exact) mass is 1890 g/mol. The minimum absolute atomic E-state index is 0.0183. The fourth-order valence-electron chi connectivity index (χ4n) is 12.8. The predicted octanol–water partition coefficient (Wildman–Crippen LogP) is 19.5. The van der Waals surface area contributed by atoms with Crippen molar-refractivity contribution in [3.63, 3.8) is 0 Å². The molecule has 18 aromatic rings. The molecule has 0 N–H and O–H groups in total. The van der Waals surface area contributed by atoms with Crippen LogP contribution in [0.3, 0.4) is 0 Å². The zero-order chi connectivity index (χ0) is 142. The van der Waals surface area contributed by atoms with Gasteiger partial charge >= 0.3 is 0 Å². The summed E-state index contributed by atoms with van der Waals surface area (Å²) in [7, 11) is 16.8. The molecular weight excluding hydrogens is 1720 g/mol. The van der Waals surface area contributed by atoms with Crippen LogP contribution in [0.2, 0.25) is 0 Å². The Morgan fingerprint density at radius 2 is 0.377 bits per heavy atom. The van der Waals surface area contributed by atoms with Crippen molar-refractivity contribution in [2.75, 3.05) is 84.6 Å². The highest BCUT2D eigenvalue weighted by Crippen LogP contribution is 2.34. The molecule has 0 fully saturated rings. The van der Waals surface area contributed by atoms with Crippen molar-refractivity contribution in [3.8, 4) is 67.5 Å². The smallest absolute Gasteiger partial charge is 0.228 e. The molecule has 0 unspecified atom stereocenters. The molecule has 24 heteroatoms. The Morgan fingerprint density at radius 1 is 0.217 bits per heavy atom. The van der Waals surface area contributed by atoms with E-state index in [0.29, 0.717) is 28.1 Å². The van der Waals surface area contributed by atoms with Crippen LogP contribution in [0, 0.1) is 82.6 Å². The quantitative estimate of drug-likeness (QED) is 0.0782. The van der Waals surface area contributed by atoms with Crippen LogP contribution in [0.4, 0.5) is 0 Å². The molecule has 708 valence electrons. The number of carbonyl (C=O) groups is 6. The molecule has 0 radical (unpaired) electrons. The fraction of sp³-hybridized carbons (Fsp3) is 0.263. The van der Waals surface area contributed by atoms with Gasteiger partial charge in [-0.05, 0) is 152 Å². The lowest BCUT2D eigenvalue weighted by Crippen LogP contribution is -2.24. The molecule has 24 nitrogen and oxygen atoms in total. The van der Waals surface area contributed by atoms with Gasteiger partial charge in [-0.2, -0.15) is 0 Å². The van der Waals surface area contributed by atoms with E-state index in [2.05, 4.69) is 29.9 Å². The van der Waals surface area contributed by atoms with Crippen molar-refractivity contribution in [2.24, 2.45) is 0 Å². The first-order chi connectivity index (χ1) is 85.5. The third-order valence-electron chi connectivity index (χ3n) is 20.0. The van der Waals surface area contributed by atoms with Gasteiger partial charge in [0.25, 0.3) is 0 Å². The number of aryl methyl sites for hydroxylation is 8. The maximum absolute atomic E-state index is 12.8. The van der Waals surface area contributed by atoms with E-state index in [-0.39, 0.29) is 166 Å². The minimum atomic E-state index is -2.95. The molecule has 0 atom stereocenters. The highest BCUT2D eigenvalue weighted by Gasteiger charge is 2.26. The van der Waals surface area contributed by atoms with Crippen LogP contribution >= 0.6 is 0 Å². The van der Waals surface area contributed by atoms with E-state index in [1.807, 2.05) is 19.9 Å². The number of carbonyl (C=O) groups excluding carboxylic acids is 6. The molecule has 0 aliphatic heterocycles. The Bertz CT molecular complexity index is 9940. The summed E-state index contributed by atoms with van der Waals surface area (Å²) < 4.78 is 402. The number of hydrogen-bond donors (Lipinski definition) is 0. The van der Waals surface area contributed by atoms with Gasteiger partial charge in [0.05, 0.1) is 128 Å². The summed E-state index contributed by atoms with van der Waals surface area (Å²) in [6, 6.07) is 21.5. The van der Waals surface area contributed by atoms with Gasteiger partial charge in [-0.1, -0.05) is 215 Å². The first kappa shape index (κ1) is 53.5. The number of hydrogen-bond acceptors (Lipinski definition) is 12. The van der Waals surface area contributed by atoms with Gasteiger partial charge in [-0.15, -0.1) is 0 Å². The number of rotatable bonds is 18. The van der Waals surface area contributed by atoms with Crippen molar-refractivity contribution >= 4 is 69.3 Å². The number of imidazole rings is 6. The lowest BCUT2D eigenvalue weighted by atomic mass is 10.1. The van der Waals surface area contributed by atoms with Crippen molar-refractivity contribution in [1.29, 1.82) is 0 Å². The summed E-state index contributed by atoms with van der Waals surface area (Å²) in [6.45, 7) is -9.52. The molecule has 0 aliphatic carbocycles. The zero-order valence-corrected chi connectivity index (χ0v) is 78.0. The maximum atomic E-state index is 12.8. The summed E-state index contributed by atoms with van der Waals surface area (Å²) in [4.78, 5) is 109. The zero-order valence-electron chi connectivity index (χ0n) is 127. The largest absolute Gasteiger partial charge is 0.348 e. The number of amides is 6. The molecule has 12 aromatic heterocycles. The number of likely N-dealkylation sites (N-methyl/N-ethyl adjacent to an activating group) is 6. The lowest BCUT2D eigenvalue weighted by Gasteiger charge is -2.11. The molecular formula is C114H126N18O6. The first-order valence-electron chi connectivity index (χ1n) is 66.4. The van der Waals surface area contributed by atoms with Gasteiger partial charge in [-0.3, -0.25) is 28.8 Å². The Kier molecular flexibility index (Phi) is 17.0. The van der Waals surface area contributed by atoms with E-state index >= 15 is 0 Å². The third-order valence-corrected chi connectivity index (χ3v) is 20.0. The third kappa shape index (κ3) is 24.1. The van der Waals surface area contributed by atoms with E-state index < -0.39 is 210 Å². The number of pyridine rings is 6. The van der Waals surface area contributed by atoms with Gasteiger partial charge in [0, 0.05) is 200 Å². The summed E-state index contributed by atoms with van der Waals surface area (Å²) in [5.41, 5.74) is 0.315. The molecule has 0 aliphatic rings. The average molecular weight is 1890 g/mol. The summed E-state index contributed by atoms with van der Waals surface area (Å²) in [5, 5.41) is 0. The number of nitrogens with zero attached hydrogens (tertiary/aromatic N) is 18. The van der Waals surface area contributed by atoms with Crippen LogP contribution in [0.1, 0.15) is 168 Å². The molecule has 138 heavy (non-hydrogen) atoms. The molecule has 0 saturated heterocycles. The Hall–Kier alpha value is -15.7. The van der Waals surface area contributed by atoms with E-state index in [4.69, 9.17) is 67.2 Å². The number of aromatic nitrogens is 12. The summed E-state index contributed by atoms with van der Waals surface area (Å²) in [5.74, 6) is -5.26. The summed E-state index contributed by atoms with van der Waals surface area (Å²) >= 11 is 0. The predicted molar refractivity (Wildman–Crippen MR) is 555 cm³/mol. The van der Waals surface area contributed by atoms with E-state index in [0.717, 1.165) is 62.4 Å². The second-order valence-electron chi connectivity index (χ2n) is 32.2. The standard InChI is InChI=1S/6C19H21N3O/c6*1-13-5-8-15(9-6-13)19-16(11-18(23)21(3)4)22-12-14(2)7-10-17(22)20-19/h6*5-10,12H,11H2,1-4H3/i1D3,2D3,5D,6D,8D,9D,11D2;2D3,5D,6D,8D,9D,11D2;1D3,5D,6D,8D,9D,11D2;5D,6D,8D,9D,11D2;1D3,2D3,11D2;1D3,11D2. The molecule has 6 amide bonds. The van der Waals surface area contributed by atoms with Crippen LogP contribution in [-0.4, -0.2) is 206 Å². The van der Waals surface area contributed by atoms with Crippen LogP contribution in [-0.2, 0) is 67.0 Å². The lowest BCUT2D eigenvalue weighted by molar-refractivity contribution is -0.128. The molecule has 18 rings (SSSR count). The molecule has 0 saturated carbocycles. The Labute approximate surface area is 878 Å². The molecule has 0 bridgehead atoms. The molecule has 6 aromatic carbocycles. The normalized spacial score (nSPS) is 17.4. The van der Waals surface area contributed by atoms with Crippen molar-refractivity contribution < 1.29 is 95.9 Å². The summed E-state index contributed by atoms with van der Waals surface area (Å²) in [6.07, 6.45) is -7.19. The topological polar surface area (TPSA) is 226 Å². The van der Waals surface area contributed by atoms with Gasteiger partial charge in [0.1, 0.15) is 33.9 Å². The fourth-order valence-corrected chi connectivity index (χ4v) is 12.8. The average Bonchev–Trinajstić information content (AvgIpc) is 1.58. The van der Waals surface area contributed by atoms with Crippen LogP contribution in [0.25, 0.3) is 101 Å². The van der Waals surface area contributed by atoms with E-state index in [1.54, 1.807) is 72.4 Å². The van der Waals surface area contributed by atoms with Gasteiger partial charge in [0.15, 0.2) is 0 Å². The van der Waals surface area contributed by atoms with E-state index in [9.17, 15) is 28.8 Å². The Balaban J connectivity index is 0.000000182. The van der Waals surface area contributed by atoms with Crippen LogP contribution in [0.15, 0.2) is 255 Å². The minimum Gasteiger partial charge on any atom is -0.348 e. The second kappa shape index (κ2) is 43.7. The van der Waals surface area contributed by atoms with Gasteiger partial charge in [-0.25, -0.2) is 29.9 Å². The van der Waals surface area contributed by atoms with Crippen molar-refractivity contribution in [3.05, 3.63) is 356 Å².